The van der Waals surface area contributed by atoms with E-state index in [2.05, 4.69) is 6.58 Å². The fraction of sp³-hybridized carbons (Fsp3) is 0.500. The van der Waals surface area contributed by atoms with E-state index in [9.17, 15) is 4.79 Å². The first-order valence-electron chi connectivity index (χ1n) is 2.76. The van der Waals surface area contributed by atoms with Crippen LogP contribution in [0.1, 0.15) is 12.8 Å². The molecule has 1 radical (unpaired) electrons. The van der Waals surface area contributed by atoms with Crippen molar-refractivity contribution >= 4 is 5.91 Å². The molecule has 10 heavy (non-hydrogen) atoms. The summed E-state index contributed by atoms with van der Waals surface area (Å²) in [7, 11) is 0. The molecule has 0 aliphatic carbocycles. The van der Waals surface area contributed by atoms with E-state index in [-0.39, 0.29) is 46.5 Å². The maximum Gasteiger partial charge on any atom is 0.226 e. The number of nitrogens with zero attached hydrogens (tertiary/aromatic N) is 1. The average molecular weight is 409 g/mol. The first-order valence-corrected chi connectivity index (χ1v) is 2.76. The van der Waals surface area contributed by atoms with Gasteiger partial charge in [-0.2, -0.15) is 0 Å². The van der Waals surface area contributed by atoms with E-state index in [4.69, 9.17) is 0 Å². The Morgan fingerprint density at radius 3 is 2.40 bits per heavy atom. The molecular weight excluding hydrogens is 400 g/mol. The zero-order valence-corrected chi connectivity index (χ0v) is 9.32. The number of likely N-dealkylation sites (tertiary alicyclic amines) is 1. The van der Waals surface area contributed by atoms with Crippen LogP contribution in [0.15, 0.2) is 12.8 Å². The van der Waals surface area contributed by atoms with Crippen molar-refractivity contribution in [2.45, 2.75) is 12.8 Å². The van der Waals surface area contributed by atoms with Crippen molar-refractivity contribution in [3.63, 3.8) is 0 Å². The molecule has 1 fully saturated rings. The number of hydrogen-bond donors (Lipinski definition) is 0. The van der Waals surface area contributed by atoms with Gasteiger partial charge in [-0.1, -0.05) is 6.58 Å². The standard InChI is InChI=1S/C6H9NO.Pt.Rh/c1-2-7-5-3-4-6(7)8;;/h2H,1,3-5H2;;. The van der Waals surface area contributed by atoms with Gasteiger partial charge in [0.1, 0.15) is 0 Å². The van der Waals surface area contributed by atoms with Crippen LogP contribution < -0.4 is 0 Å². The van der Waals surface area contributed by atoms with Crippen molar-refractivity contribution in [1.82, 2.24) is 4.90 Å². The molecular formula is C6H9NOPtRh. The molecule has 0 N–H and O–H groups in total. The minimum Gasteiger partial charge on any atom is -0.320 e. The van der Waals surface area contributed by atoms with Crippen LogP contribution in [0, 0.1) is 0 Å². The Morgan fingerprint density at radius 1 is 1.60 bits per heavy atom. The third-order valence-corrected chi connectivity index (χ3v) is 1.33. The van der Waals surface area contributed by atoms with E-state index in [1.165, 1.54) is 0 Å². The zero-order chi connectivity index (χ0) is 5.98. The summed E-state index contributed by atoms with van der Waals surface area (Å²) in [5.41, 5.74) is 0. The summed E-state index contributed by atoms with van der Waals surface area (Å²) in [4.78, 5) is 12.3. The minimum absolute atomic E-state index is 0. The summed E-state index contributed by atoms with van der Waals surface area (Å²) in [6, 6.07) is 0. The maximum absolute atomic E-state index is 10.7. The molecule has 0 aromatic heterocycles. The van der Waals surface area contributed by atoms with E-state index in [0.29, 0.717) is 6.42 Å². The molecule has 1 aliphatic heterocycles. The summed E-state index contributed by atoms with van der Waals surface area (Å²) in [6.45, 7) is 4.36. The Balaban J connectivity index is 0. The Hall–Kier alpha value is 0.522. The van der Waals surface area contributed by atoms with Crippen LogP contribution in [0.4, 0.5) is 0 Å². The van der Waals surface area contributed by atoms with Crippen LogP contribution in [0.25, 0.3) is 0 Å². The first-order chi connectivity index (χ1) is 3.84. The Labute approximate surface area is 88.1 Å². The van der Waals surface area contributed by atoms with Gasteiger partial charge in [0.05, 0.1) is 0 Å². The number of amides is 1. The van der Waals surface area contributed by atoms with Crippen LogP contribution in [0.5, 0.6) is 0 Å². The summed E-state index contributed by atoms with van der Waals surface area (Å²) in [6.07, 6.45) is 3.28. The number of rotatable bonds is 1. The fourth-order valence-corrected chi connectivity index (χ4v) is 0.862. The molecule has 1 saturated heterocycles. The van der Waals surface area contributed by atoms with Crippen molar-refractivity contribution in [1.29, 1.82) is 0 Å². The van der Waals surface area contributed by atoms with Gasteiger partial charge in [-0.25, -0.2) is 0 Å². The van der Waals surface area contributed by atoms with E-state index >= 15 is 0 Å². The molecule has 1 rings (SSSR count). The molecule has 2 nitrogen and oxygen atoms in total. The van der Waals surface area contributed by atoms with Crippen molar-refractivity contribution < 1.29 is 45.3 Å². The minimum atomic E-state index is 0. The Bertz CT molecular complexity index is 129. The van der Waals surface area contributed by atoms with E-state index in [1.54, 1.807) is 11.1 Å². The van der Waals surface area contributed by atoms with Gasteiger partial charge in [-0.15, -0.1) is 0 Å². The maximum atomic E-state index is 10.7. The third-order valence-electron chi connectivity index (χ3n) is 1.33. The quantitative estimate of drug-likeness (QED) is 0.586. The first kappa shape index (κ1) is 13.1. The predicted octanol–water partition coefficient (Wildman–Crippen LogP) is 0.747. The molecule has 0 spiro atoms. The summed E-state index contributed by atoms with van der Waals surface area (Å²) in [5, 5.41) is 0. The van der Waals surface area contributed by atoms with E-state index < -0.39 is 0 Å². The molecule has 0 unspecified atom stereocenters. The van der Waals surface area contributed by atoms with Gasteiger partial charge in [-0.05, 0) is 12.6 Å². The molecule has 1 amide bonds. The Kier molecular flexibility index (Phi) is 8.20. The van der Waals surface area contributed by atoms with Crippen LogP contribution in [-0.4, -0.2) is 17.4 Å². The van der Waals surface area contributed by atoms with Gasteiger partial charge in [0.15, 0.2) is 0 Å². The number of hydrogen-bond acceptors (Lipinski definition) is 1. The van der Waals surface area contributed by atoms with Gasteiger partial charge in [0.25, 0.3) is 0 Å². The molecule has 63 valence electrons. The summed E-state index contributed by atoms with van der Waals surface area (Å²) in [5.74, 6) is 0.208. The Morgan fingerprint density at radius 2 is 2.20 bits per heavy atom. The molecule has 4 heteroatoms. The third kappa shape index (κ3) is 3.07. The molecule has 0 aromatic carbocycles. The van der Waals surface area contributed by atoms with Gasteiger partial charge in [0.2, 0.25) is 5.91 Å². The van der Waals surface area contributed by atoms with Crippen LogP contribution in [0.2, 0.25) is 0 Å². The van der Waals surface area contributed by atoms with Crippen molar-refractivity contribution in [2.24, 2.45) is 0 Å². The molecule has 0 atom stereocenters. The predicted molar refractivity (Wildman–Crippen MR) is 31.1 cm³/mol. The van der Waals surface area contributed by atoms with E-state index in [0.717, 1.165) is 13.0 Å². The van der Waals surface area contributed by atoms with Crippen LogP contribution in [0.3, 0.4) is 0 Å². The number of carbonyl (C=O) groups is 1. The van der Waals surface area contributed by atoms with Gasteiger partial charge < -0.3 is 4.90 Å². The number of carbonyl (C=O) groups excluding carboxylic acids is 1. The van der Waals surface area contributed by atoms with Crippen LogP contribution in [-0.2, 0) is 45.3 Å². The summed E-state index contributed by atoms with van der Waals surface area (Å²) >= 11 is 0. The molecule has 0 bridgehead atoms. The molecule has 0 saturated carbocycles. The van der Waals surface area contributed by atoms with Gasteiger partial charge >= 0.3 is 0 Å². The second kappa shape index (κ2) is 6.25. The molecule has 1 aliphatic rings. The van der Waals surface area contributed by atoms with Crippen LogP contribution >= 0.6 is 0 Å². The zero-order valence-electron chi connectivity index (χ0n) is 5.41. The van der Waals surface area contributed by atoms with Crippen molar-refractivity contribution in [2.75, 3.05) is 6.54 Å². The second-order valence-corrected chi connectivity index (χ2v) is 1.87. The SMILES string of the molecule is C=CN1CCCC1=O.[Pt].[Rh]. The second-order valence-electron chi connectivity index (χ2n) is 1.87. The van der Waals surface area contributed by atoms with Gasteiger partial charge in [-0.3, -0.25) is 4.79 Å². The molecule has 0 aromatic rings. The monoisotopic (exact) mass is 409 g/mol. The van der Waals surface area contributed by atoms with E-state index in [1.807, 2.05) is 0 Å². The van der Waals surface area contributed by atoms with Gasteiger partial charge in [0, 0.05) is 53.5 Å². The molecule has 1 heterocycles. The normalized spacial score (nSPS) is 15.6. The fourth-order valence-electron chi connectivity index (χ4n) is 0.862. The van der Waals surface area contributed by atoms with Crippen molar-refractivity contribution in [3.8, 4) is 0 Å². The average Bonchev–Trinajstić information content (AvgIpc) is 2.14. The van der Waals surface area contributed by atoms with Crippen molar-refractivity contribution in [3.05, 3.63) is 12.8 Å². The topological polar surface area (TPSA) is 20.3 Å². The smallest absolute Gasteiger partial charge is 0.226 e. The summed E-state index contributed by atoms with van der Waals surface area (Å²) < 4.78 is 0. The largest absolute Gasteiger partial charge is 0.320 e.